The van der Waals surface area contributed by atoms with Crippen molar-refractivity contribution < 1.29 is 19.1 Å². The number of carbonyl (C=O) groups is 3. The van der Waals surface area contributed by atoms with E-state index in [-0.39, 0.29) is 29.8 Å². The molecule has 0 spiro atoms. The summed E-state index contributed by atoms with van der Waals surface area (Å²) >= 11 is 2.70. The van der Waals surface area contributed by atoms with Crippen LogP contribution in [-0.4, -0.2) is 35.8 Å². The molecule has 1 N–H and O–H groups in total. The average Bonchev–Trinajstić information content (AvgIpc) is 2.93. The summed E-state index contributed by atoms with van der Waals surface area (Å²) in [6.07, 6.45) is 0. The first-order chi connectivity index (χ1) is 12.8. The van der Waals surface area contributed by atoms with Crippen LogP contribution in [0.1, 0.15) is 31.2 Å². The fraction of sp³-hybridized carbons (Fsp3) is 0.350. The molecule has 0 aliphatic rings. The molecule has 1 heterocycles. The van der Waals surface area contributed by atoms with Gasteiger partial charge in [0.2, 0.25) is 11.7 Å². The van der Waals surface area contributed by atoms with Crippen molar-refractivity contribution >= 4 is 46.4 Å². The summed E-state index contributed by atoms with van der Waals surface area (Å²) < 4.78 is 5.02. The maximum absolute atomic E-state index is 12.1. The van der Waals surface area contributed by atoms with Gasteiger partial charge in [0.1, 0.15) is 0 Å². The number of rotatable bonds is 8. The zero-order chi connectivity index (χ0) is 20.0. The predicted molar refractivity (Wildman–Crippen MR) is 111 cm³/mol. The molecule has 2 rings (SSSR count). The summed E-state index contributed by atoms with van der Waals surface area (Å²) in [5, 5.41) is 2.83. The Morgan fingerprint density at radius 3 is 2.44 bits per heavy atom. The van der Waals surface area contributed by atoms with Crippen molar-refractivity contribution in [3.63, 3.8) is 0 Å². The van der Waals surface area contributed by atoms with Gasteiger partial charge in [0.25, 0.3) is 0 Å². The number of benzene rings is 1. The molecule has 0 bridgehead atoms. The third-order valence-corrected chi connectivity index (χ3v) is 5.69. The molecule has 0 fully saturated rings. The van der Waals surface area contributed by atoms with Crippen LogP contribution in [0, 0.1) is 27.7 Å². The molecule has 5 nitrogen and oxygen atoms in total. The van der Waals surface area contributed by atoms with Crippen LogP contribution in [0.25, 0.3) is 0 Å². The van der Waals surface area contributed by atoms with E-state index < -0.39 is 5.97 Å². The van der Waals surface area contributed by atoms with Gasteiger partial charge in [-0.05, 0) is 45.4 Å². The number of hydrogen-bond donors (Lipinski definition) is 1. The lowest BCUT2D eigenvalue weighted by atomic mass is 10.1. The predicted octanol–water partition coefficient (Wildman–Crippen LogP) is 4.08. The molecule has 1 aromatic carbocycles. The van der Waals surface area contributed by atoms with Gasteiger partial charge in [-0.15, -0.1) is 23.1 Å². The number of amides is 1. The summed E-state index contributed by atoms with van der Waals surface area (Å²) in [5.41, 5.74) is 3.49. The van der Waals surface area contributed by atoms with E-state index in [9.17, 15) is 14.4 Å². The molecule has 2 aromatic rings. The largest absolute Gasteiger partial charge is 0.457 e. The number of ether oxygens (including phenoxy) is 1. The number of carbonyl (C=O) groups excluding carboxylic acids is 3. The van der Waals surface area contributed by atoms with E-state index in [1.54, 1.807) is 11.3 Å². The van der Waals surface area contributed by atoms with E-state index in [4.69, 9.17) is 4.74 Å². The molecule has 0 saturated carbocycles. The summed E-state index contributed by atoms with van der Waals surface area (Å²) in [4.78, 5) is 37.8. The van der Waals surface area contributed by atoms with Crippen LogP contribution in [0.4, 0.5) is 5.69 Å². The minimum Gasteiger partial charge on any atom is -0.457 e. The van der Waals surface area contributed by atoms with Crippen LogP contribution in [-0.2, 0) is 14.3 Å². The Morgan fingerprint density at radius 2 is 1.81 bits per heavy atom. The number of anilines is 1. The molecule has 27 heavy (non-hydrogen) atoms. The third-order valence-electron chi connectivity index (χ3n) is 3.81. The Balaban J connectivity index is 1.70. The van der Waals surface area contributed by atoms with Crippen LogP contribution >= 0.6 is 23.1 Å². The second-order valence-corrected chi connectivity index (χ2v) is 8.72. The SMILES string of the molecule is Cc1ccc(NC(=O)CSCC(=O)OCC(=O)c2cc(C)sc2C)c(C)c1. The van der Waals surface area contributed by atoms with Crippen LogP contribution in [0.15, 0.2) is 24.3 Å². The maximum Gasteiger partial charge on any atom is 0.316 e. The van der Waals surface area contributed by atoms with Crippen LogP contribution in [0.5, 0.6) is 0 Å². The number of hydrogen-bond acceptors (Lipinski definition) is 6. The standard InChI is InChI=1S/C20H23NO4S2/c1-12-5-6-17(13(2)7-12)21-19(23)10-26-11-20(24)25-9-18(22)16-8-14(3)27-15(16)4/h5-8H,9-11H2,1-4H3,(H,21,23). The number of nitrogens with one attached hydrogen (secondary N) is 1. The second kappa shape index (κ2) is 9.71. The first-order valence-corrected chi connectivity index (χ1v) is 10.4. The smallest absolute Gasteiger partial charge is 0.316 e. The van der Waals surface area contributed by atoms with E-state index in [0.29, 0.717) is 5.56 Å². The van der Waals surface area contributed by atoms with E-state index >= 15 is 0 Å². The van der Waals surface area contributed by atoms with Gasteiger partial charge in [0.05, 0.1) is 11.5 Å². The van der Waals surface area contributed by atoms with Crippen molar-refractivity contribution in [1.82, 2.24) is 0 Å². The highest BCUT2D eigenvalue weighted by Crippen LogP contribution is 2.21. The Labute approximate surface area is 167 Å². The molecular weight excluding hydrogens is 382 g/mol. The maximum atomic E-state index is 12.1. The zero-order valence-electron chi connectivity index (χ0n) is 15.9. The molecule has 7 heteroatoms. The lowest BCUT2D eigenvalue weighted by molar-refractivity contribution is -0.139. The van der Waals surface area contributed by atoms with Gasteiger partial charge in [-0.2, -0.15) is 0 Å². The Kier molecular flexibility index (Phi) is 7.62. The Morgan fingerprint density at radius 1 is 1.07 bits per heavy atom. The molecule has 0 radical (unpaired) electrons. The zero-order valence-corrected chi connectivity index (χ0v) is 17.5. The summed E-state index contributed by atoms with van der Waals surface area (Å²) in [6.45, 7) is 7.45. The quantitative estimate of drug-likeness (QED) is 0.529. The molecule has 1 amide bonds. The Hall–Kier alpha value is -2.12. The van der Waals surface area contributed by atoms with E-state index in [0.717, 1.165) is 38.3 Å². The Bertz CT molecular complexity index is 858. The van der Waals surface area contributed by atoms with Crippen LogP contribution < -0.4 is 5.32 Å². The molecule has 1 aromatic heterocycles. The van der Waals surface area contributed by atoms with Crippen molar-refractivity contribution in [1.29, 1.82) is 0 Å². The van der Waals surface area contributed by atoms with Crippen molar-refractivity contribution in [3.05, 3.63) is 50.7 Å². The lowest BCUT2D eigenvalue weighted by Crippen LogP contribution is -2.18. The average molecular weight is 406 g/mol. The van der Waals surface area contributed by atoms with Gasteiger partial charge < -0.3 is 10.1 Å². The summed E-state index contributed by atoms with van der Waals surface area (Å²) in [5.74, 6) is -0.728. The van der Waals surface area contributed by atoms with E-state index in [1.807, 2.05) is 52.0 Å². The van der Waals surface area contributed by atoms with Gasteiger partial charge in [-0.25, -0.2) is 0 Å². The molecular formula is C20H23NO4S2. The number of esters is 1. The highest BCUT2D eigenvalue weighted by atomic mass is 32.2. The summed E-state index contributed by atoms with van der Waals surface area (Å²) in [7, 11) is 0. The minimum absolute atomic E-state index is 0.0230. The molecule has 0 unspecified atom stereocenters. The summed E-state index contributed by atoms with van der Waals surface area (Å²) in [6, 6.07) is 7.60. The molecule has 0 atom stereocenters. The third kappa shape index (κ3) is 6.52. The van der Waals surface area contributed by atoms with Crippen molar-refractivity contribution in [2.24, 2.45) is 0 Å². The van der Waals surface area contributed by atoms with Crippen molar-refractivity contribution in [2.45, 2.75) is 27.7 Å². The fourth-order valence-corrected chi connectivity index (χ4v) is 4.09. The van der Waals surface area contributed by atoms with Crippen molar-refractivity contribution in [2.75, 3.05) is 23.4 Å². The molecule has 144 valence electrons. The molecule has 0 saturated heterocycles. The molecule has 0 aliphatic heterocycles. The number of thioether (sulfide) groups is 1. The highest BCUT2D eigenvalue weighted by molar-refractivity contribution is 8.00. The second-order valence-electron chi connectivity index (χ2n) is 6.27. The molecule has 0 aliphatic carbocycles. The van der Waals surface area contributed by atoms with Crippen LogP contribution in [0.2, 0.25) is 0 Å². The lowest BCUT2D eigenvalue weighted by Gasteiger charge is -2.09. The van der Waals surface area contributed by atoms with E-state index in [1.165, 1.54) is 0 Å². The van der Waals surface area contributed by atoms with E-state index in [2.05, 4.69) is 5.32 Å². The fourth-order valence-electron chi connectivity index (χ4n) is 2.54. The van der Waals surface area contributed by atoms with Gasteiger partial charge >= 0.3 is 5.97 Å². The number of aryl methyl sites for hydroxylation is 4. The van der Waals surface area contributed by atoms with Gasteiger partial charge in [0, 0.05) is 21.0 Å². The van der Waals surface area contributed by atoms with Gasteiger partial charge in [0.15, 0.2) is 6.61 Å². The van der Waals surface area contributed by atoms with Crippen molar-refractivity contribution in [3.8, 4) is 0 Å². The minimum atomic E-state index is -0.503. The van der Waals surface area contributed by atoms with Crippen LogP contribution in [0.3, 0.4) is 0 Å². The first kappa shape index (κ1) is 21.2. The van der Waals surface area contributed by atoms with Gasteiger partial charge in [-0.3, -0.25) is 14.4 Å². The topological polar surface area (TPSA) is 72.5 Å². The number of Topliss-reactive ketones (excluding diaryl/α,β-unsaturated/α-hetero) is 1. The van der Waals surface area contributed by atoms with Gasteiger partial charge in [-0.1, -0.05) is 17.7 Å². The highest BCUT2D eigenvalue weighted by Gasteiger charge is 2.15. The number of ketones is 1. The monoisotopic (exact) mass is 405 g/mol. The first-order valence-electron chi connectivity index (χ1n) is 8.47. The number of thiophene rings is 1. The normalized spacial score (nSPS) is 10.5.